The van der Waals surface area contributed by atoms with Gasteiger partial charge in [0.1, 0.15) is 11.6 Å². The molecule has 0 bridgehead atoms. The summed E-state index contributed by atoms with van der Waals surface area (Å²) in [5.41, 5.74) is 0. The summed E-state index contributed by atoms with van der Waals surface area (Å²) in [6.07, 6.45) is 3.02. The van der Waals surface area contributed by atoms with E-state index in [1.54, 1.807) is 25.4 Å². The minimum Gasteiger partial charge on any atom is -0.497 e. The lowest BCUT2D eigenvalue weighted by Crippen LogP contribution is -2.13. The first-order valence-corrected chi connectivity index (χ1v) is 5.41. The van der Waals surface area contributed by atoms with Crippen LogP contribution in [0.1, 0.15) is 26.7 Å². The molecule has 0 fully saturated rings. The number of nitrogens with one attached hydrogen (secondary N) is 1. The van der Waals surface area contributed by atoms with E-state index in [0.717, 1.165) is 6.42 Å². The molecule has 0 spiro atoms. The molecule has 0 aliphatic rings. The van der Waals surface area contributed by atoms with Gasteiger partial charge in [0.05, 0.1) is 7.11 Å². The number of hydrogen-bond donors (Lipinski definition) is 1. The van der Waals surface area contributed by atoms with Crippen LogP contribution in [-0.2, 0) is 4.79 Å². The number of amides is 1. The molecule has 1 aromatic heterocycles. The first-order chi connectivity index (χ1) is 7.61. The quantitative estimate of drug-likeness (QED) is 0.832. The van der Waals surface area contributed by atoms with Gasteiger partial charge in [0.15, 0.2) is 0 Å². The van der Waals surface area contributed by atoms with Crippen LogP contribution >= 0.6 is 0 Å². The fourth-order valence-electron chi connectivity index (χ4n) is 1.23. The van der Waals surface area contributed by atoms with Crippen LogP contribution in [0.2, 0.25) is 0 Å². The molecule has 0 radical (unpaired) electrons. The summed E-state index contributed by atoms with van der Waals surface area (Å²) in [5.74, 6) is 1.75. The van der Waals surface area contributed by atoms with E-state index in [2.05, 4.69) is 24.1 Å². The van der Waals surface area contributed by atoms with Crippen LogP contribution < -0.4 is 10.1 Å². The van der Waals surface area contributed by atoms with Crippen LogP contribution in [0.5, 0.6) is 5.75 Å². The van der Waals surface area contributed by atoms with Crippen LogP contribution in [-0.4, -0.2) is 18.0 Å². The number of carbonyl (C=O) groups excluding carboxylic acids is 1. The van der Waals surface area contributed by atoms with E-state index >= 15 is 0 Å². The van der Waals surface area contributed by atoms with Gasteiger partial charge in [-0.25, -0.2) is 4.98 Å². The molecule has 0 aliphatic heterocycles. The highest BCUT2D eigenvalue weighted by Gasteiger charge is 2.05. The van der Waals surface area contributed by atoms with E-state index in [4.69, 9.17) is 4.74 Å². The molecule has 4 heteroatoms. The van der Waals surface area contributed by atoms with Crippen LogP contribution in [0.4, 0.5) is 5.82 Å². The third-order valence-electron chi connectivity index (χ3n) is 2.18. The molecule has 0 saturated heterocycles. The molecule has 1 amide bonds. The molecule has 1 heterocycles. The van der Waals surface area contributed by atoms with Gasteiger partial charge in [0.2, 0.25) is 5.91 Å². The number of hydrogen-bond acceptors (Lipinski definition) is 3. The zero-order chi connectivity index (χ0) is 12.0. The van der Waals surface area contributed by atoms with Crippen molar-refractivity contribution < 1.29 is 9.53 Å². The highest BCUT2D eigenvalue weighted by molar-refractivity contribution is 5.89. The Bertz CT molecular complexity index is 351. The second-order valence-electron chi connectivity index (χ2n) is 4.06. The Kier molecular flexibility index (Phi) is 4.76. The Morgan fingerprint density at radius 2 is 2.31 bits per heavy atom. The Hall–Kier alpha value is -1.58. The zero-order valence-electron chi connectivity index (χ0n) is 9.99. The van der Waals surface area contributed by atoms with E-state index in [1.165, 1.54) is 0 Å². The number of ether oxygens (including phenoxy) is 1. The van der Waals surface area contributed by atoms with E-state index < -0.39 is 0 Å². The lowest BCUT2D eigenvalue weighted by atomic mass is 10.1. The highest BCUT2D eigenvalue weighted by Crippen LogP contribution is 2.14. The average molecular weight is 222 g/mol. The molecule has 1 aromatic rings. The number of rotatable bonds is 5. The molecule has 1 N–H and O–H groups in total. The van der Waals surface area contributed by atoms with Gasteiger partial charge >= 0.3 is 0 Å². The zero-order valence-corrected chi connectivity index (χ0v) is 9.99. The fourth-order valence-corrected chi connectivity index (χ4v) is 1.23. The number of pyridine rings is 1. The van der Waals surface area contributed by atoms with Crippen LogP contribution in [0.3, 0.4) is 0 Å². The highest BCUT2D eigenvalue weighted by atomic mass is 16.5. The van der Waals surface area contributed by atoms with Gasteiger partial charge in [-0.05, 0) is 18.4 Å². The van der Waals surface area contributed by atoms with Gasteiger partial charge in [0, 0.05) is 18.7 Å². The second-order valence-corrected chi connectivity index (χ2v) is 4.06. The summed E-state index contributed by atoms with van der Waals surface area (Å²) in [6, 6.07) is 3.44. The predicted octanol–water partition coefficient (Wildman–Crippen LogP) is 2.46. The maximum Gasteiger partial charge on any atom is 0.225 e. The van der Waals surface area contributed by atoms with Crippen molar-refractivity contribution in [3.63, 3.8) is 0 Å². The summed E-state index contributed by atoms with van der Waals surface area (Å²) < 4.78 is 5.04. The number of anilines is 1. The van der Waals surface area contributed by atoms with Gasteiger partial charge < -0.3 is 10.1 Å². The molecule has 4 nitrogen and oxygen atoms in total. The maximum absolute atomic E-state index is 11.5. The standard InChI is InChI=1S/C12H18N2O2/c1-9(2)4-5-12(15)14-11-8-10(16-3)6-7-13-11/h6-9H,4-5H2,1-3H3,(H,13,14,15). The lowest BCUT2D eigenvalue weighted by Gasteiger charge is -2.07. The SMILES string of the molecule is COc1ccnc(NC(=O)CCC(C)C)c1. The molecule has 0 aliphatic carbocycles. The molecule has 0 atom stereocenters. The third kappa shape index (κ3) is 4.29. The van der Waals surface area contributed by atoms with Gasteiger partial charge in [0.25, 0.3) is 0 Å². The number of nitrogens with zero attached hydrogens (tertiary/aromatic N) is 1. The molecule has 16 heavy (non-hydrogen) atoms. The summed E-state index contributed by atoms with van der Waals surface area (Å²) >= 11 is 0. The Balaban J connectivity index is 2.49. The topological polar surface area (TPSA) is 51.2 Å². The van der Waals surface area contributed by atoms with Crippen LogP contribution in [0.25, 0.3) is 0 Å². The Morgan fingerprint density at radius 3 is 2.94 bits per heavy atom. The smallest absolute Gasteiger partial charge is 0.225 e. The lowest BCUT2D eigenvalue weighted by molar-refractivity contribution is -0.116. The molecule has 88 valence electrons. The van der Waals surface area contributed by atoms with E-state index in [9.17, 15) is 4.79 Å². The largest absolute Gasteiger partial charge is 0.497 e. The summed E-state index contributed by atoms with van der Waals surface area (Å²) in [7, 11) is 1.58. The van der Waals surface area contributed by atoms with E-state index in [-0.39, 0.29) is 5.91 Å². The van der Waals surface area contributed by atoms with Crippen molar-refractivity contribution in [1.82, 2.24) is 4.98 Å². The van der Waals surface area contributed by atoms with Gasteiger partial charge in [-0.3, -0.25) is 4.79 Å². The third-order valence-corrected chi connectivity index (χ3v) is 2.18. The monoisotopic (exact) mass is 222 g/mol. The minimum atomic E-state index is -0.00514. The van der Waals surface area contributed by atoms with Crippen molar-refractivity contribution >= 4 is 11.7 Å². The van der Waals surface area contributed by atoms with Crippen molar-refractivity contribution in [3.8, 4) is 5.75 Å². The molecular formula is C12H18N2O2. The van der Waals surface area contributed by atoms with E-state index in [1.807, 2.05) is 0 Å². The fraction of sp³-hybridized carbons (Fsp3) is 0.500. The first-order valence-electron chi connectivity index (χ1n) is 5.41. The van der Waals surface area contributed by atoms with Crippen molar-refractivity contribution in [2.45, 2.75) is 26.7 Å². The number of carbonyl (C=O) groups is 1. The second kappa shape index (κ2) is 6.10. The summed E-state index contributed by atoms with van der Waals surface area (Å²) in [4.78, 5) is 15.6. The van der Waals surface area contributed by atoms with Crippen molar-refractivity contribution in [3.05, 3.63) is 18.3 Å². The Morgan fingerprint density at radius 1 is 1.56 bits per heavy atom. The van der Waals surface area contributed by atoms with E-state index in [0.29, 0.717) is 23.9 Å². The van der Waals surface area contributed by atoms with Crippen LogP contribution in [0.15, 0.2) is 18.3 Å². The van der Waals surface area contributed by atoms with Gasteiger partial charge in [-0.1, -0.05) is 13.8 Å². The minimum absolute atomic E-state index is 0.00514. The molecular weight excluding hydrogens is 204 g/mol. The van der Waals surface area contributed by atoms with Gasteiger partial charge in [-0.15, -0.1) is 0 Å². The summed E-state index contributed by atoms with van der Waals surface area (Å²) in [5, 5.41) is 2.74. The average Bonchev–Trinajstić information content (AvgIpc) is 2.26. The van der Waals surface area contributed by atoms with Crippen molar-refractivity contribution in [2.75, 3.05) is 12.4 Å². The predicted molar refractivity (Wildman–Crippen MR) is 63.5 cm³/mol. The van der Waals surface area contributed by atoms with Crippen LogP contribution in [0, 0.1) is 5.92 Å². The molecule has 0 aromatic carbocycles. The van der Waals surface area contributed by atoms with Gasteiger partial charge in [-0.2, -0.15) is 0 Å². The summed E-state index contributed by atoms with van der Waals surface area (Å²) in [6.45, 7) is 4.19. The number of aromatic nitrogens is 1. The molecule has 0 unspecified atom stereocenters. The molecule has 1 rings (SSSR count). The van der Waals surface area contributed by atoms with Crippen molar-refractivity contribution in [2.24, 2.45) is 5.92 Å². The Labute approximate surface area is 96.0 Å². The number of methoxy groups -OCH3 is 1. The normalized spacial score (nSPS) is 10.2. The van der Waals surface area contributed by atoms with Crippen molar-refractivity contribution in [1.29, 1.82) is 0 Å². The first kappa shape index (κ1) is 12.5. The molecule has 0 saturated carbocycles. The maximum atomic E-state index is 11.5.